The largest absolute Gasteiger partial charge is 0.334 e. The highest BCUT2D eigenvalue weighted by atomic mass is 16.2. The highest BCUT2D eigenvalue weighted by Gasteiger charge is 2.26. The molecular formula is C15H14N6O. The number of nitrogens with zero attached hydrogens (tertiary/aromatic N) is 6. The molecule has 0 fully saturated rings. The van der Waals surface area contributed by atoms with E-state index in [0.717, 1.165) is 17.3 Å². The number of amides is 1. The molecule has 0 bridgehead atoms. The number of para-hydroxylation sites is 1. The monoisotopic (exact) mass is 294 g/mol. The van der Waals surface area contributed by atoms with Gasteiger partial charge in [-0.2, -0.15) is 0 Å². The van der Waals surface area contributed by atoms with Crippen molar-refractivity contribution in [3.63, 3.8) is 0 Å². The molecule has 0 radical (unpaired) electrons. The van der Waals surface area contributed by atoms with Crippen LogP contribution in [0.25, 0.3) is 5.69 Å². The van der Waals surface area contributed by atoms with E-state index < -0.39 is 0 Å². The first-order valence-corrected chi connectivity index (χ1v) is 6.98. The molecule has 0 saturated heterocycles. The van der Waals surface area contributed by atoms with E-state index in [-0.39, 0.29) is 5.91 Å². The van der Waals surface area contributed by atoms with E-state index in [1.807, 2.05) is 39.6 Å². The van der Waals surface area contributed by atoms with Crippen molar-refractivity contribution in [1.29, 1.82) is 0 Å². The number of benzene rings is 1. The van der Waals surface area contributed by atoms with Crippen molar-refractivity contribution in [3.8, 4) is 5.69 Å². The number of hydrogen-bond acceptors (Lipinski definition) is 4. The third kappa shape index (κ3) is 1.90. The van der Waals surface area contributed by atoms with Gasteiger partial charge >= 0.3 is 0 Å². The molecule has 1 aliphatic rings. The van der Waals surface area contributed by atoms with Crippen molar-refractivity contribution in [2.45, 2.75) is 13.1 Å². The van der Waals surface area contributed by atoms with Gasteiger partial charge in [-0.05, 0) is 12.1 Å². The lowest BCUT2D eigenvalue weighted by Gasteiger charge is -2.12. The summed E-state index contributed by atoms with van der Waals surface area (Å²) in [5, 5.41) is 8.57. The van der Waals surface area contributed by atoms with Gasteiger partial charge in [0.2, 0.25) is 0 Å². The summed E-state index contributed by atoms with van der Waals surface area (Å²) in [6.07, 6.45) is 5.34. The molecule has 0 spiro atoms. The lowest BCUT2D eigenvalue weighted by atomic mass is 10.1. The van der Waals surface area contributed by atoms with Crippen molar-refractivity contribution in [1.82, 2.24) is 29.2 Å². The van der Waals surface area contributed by atoms with Crippen LogP contribution in [0.5, 0.6) is 0 Å². The lowest BCUT2D eigenvalue weighted by molar-refractivity contribution is 0.0786. The van der Waals surface area contributed by atoms with Gasteiger partial charge in [0.15, 0.2) is 11.6 Å². The van der Waals surface area contributed by atoms with Crippen LogP contribution in [-0.2, 0) is 13.1 Å². The highest BCUT2D eigenvalue weighted by Crippen LogP contribution is 2.24. The van der Waals surface area contributed by atoms with Gasteiger partial charge in [-0.15, -0.1) is 10.2 Å². The van der Waals surface area contributed by atoms with Crippen LogP contribution in [0, 0.1) is 0 Å². The van der Waals surface area contributed by atoms with Crippen molar-refractivity contribution >= 4 is 5.91 Å². The number of carbonyl (C=O) groups excluding carboxylic acids is 1. The van der Waals surface area contributed by atoms with E-state index in [0.29, 0.717) is 18.7 Å². The molecule has 0 N–H and O–H groups in total. The highest BCUT2D eigenvalue weighted by molar-refractivity contribution is 5.98. The number of rotatable bonds is 2. The van der Waals surface area contributed by atoms with E-state index in [1.165, 1.54) is 0 Å². The Kier molecular flexibility index (Phi) is 2.78. The topological polar surface area (TPSA) is 68.8 Å². The van der Waals surface area contributed by atoms with Crippen LogP contribution in [0.4, 0.5) is 0 Å². The third-order valence-corrected chi connectivity index (χ3v) is 3.78. The minimum absolute atomic E-state index is 0.00493. The summed E-state index contributed by atoms with van der Waals surface area (Å²) in [6, 6.07) is 7.55. The predicted octanol–water partition coefficient (Wildman–Crippen LogP) is 1.10. The number of carbonyl (C=O) groups is 1. The van der Waals surface area contributed by atoms with Crippen LogP contribution >= 0.6 is 0 Å². The summed E-state index contributed by atoms with van der Waals surface area (Å²) in [6.45, 7) is 0.990. The first-order valence-electron chi connectivity index (χ1n) is 6.98. The third-order valence-electron chi connectivity index (χ3n) is 3.78. The molecule has 0 atom stereocenters. The molecule has 7 nitrogen and oxygen atoms in total. The van der Waals surface area contributed by atoms with Crippen LogP contribution < -0.4 is 0 Å². The van der Waals surface area contributed by atoms with Gasteiger partial charge in [0.05, 0.1) is 30.7 Å². The second-order valence-corrected chi connectivity index (χ2v) is 5.28. The summed E-state index contributed by atoms with van der Waals surface area (Å²) < 4.78 is 3.90. The Labute approximate surface area is 126 Å². The second-order valence-electron chi connectivity index (χ2n) is 5.28. The molecule has 1 aliphatic heterocycles. The summed E-state index contributed by atoms with van der Waals surface area (Å²) >= 11 is 0. The molecule has 2 aromatic heterocycles. The van der Waals surface area contributed by atoms with Crippen LogP contribution in [0.3, 0.4) is 0 Å². The molecule has 3 aromatic rings. The van der Waals surface area contributed by atoms with Crippen LogP contribution in [0.2, 0.25) is 0 Å². The Morgan fingerprint density at radius 2 is 2.09 bits per heavy atom. The van der Waals surface area contributed by atoms with Gasteiger partial charge in [-0.1, -0.05) is 12.1 Å². The molecule has 3 heterocycles. The molecule has 0 unspecified atom stereocenters. The lowest BCUT2D eigenvalue weighted by Crippen LogP contribution is -2.25. The standard InChI is InChI=1S/C15H14N6O/c1-19-8-13-17-18-14(9-20-7-6-16-10-20)21(13)12-5-3-2-4-11(12)15(19)22/h2-7,10H,8-9H2,1H3. The molecule has 7 heteroatoms. The fraction of sp³-hybridized carbons (Fsp3) is 0.200. The van der Waals surface area contributed by atoms with Gasteiger partial charge in [0.1, 0.15) is 0 Å². The fourth-order valence-electron chi connectivity index (χ4n) is 2.72. The summed E-state index contributed by atoms with van der Waals surface area (Å²) in [4.78, 5) is 18.2. The second kappa shape index (κ2) is 4.80. The van der Waals surface area contributed by atoms with Gasteiger partial charge in [-0.25, -0.2) is 4.98 Å². The van der Waals surface area contributed by atoms with E-state index in [9.17, 15) is 4.79 Å². The minimum atomic E-state index is -0.00493. The van der Waals surface area contributed by atoms with Crippen LogP contribution in [0.15, 0.2) is 43.0 Å². The first kappa shape index (κ1) is 12.8. The van der Waals surface area contributed by atoms with Crippen LogP contribution in [-0.4, -0.2) is 42.2 Å². The maximum Gasteiger partial charge on any atom is 0.256 e. The quantitative estimate of drug-likeness (QED) is 0.709. The zero-order valence-electron chi connectivity index (χ0n) is 12.0. The maximum absolute atomic E-state index is 12.5. The number of hydrogen-bond donors (Lipinski definition) is 0. The van der Waals surface area contributed by atoms with Crippen LogP contribution in [0.1, 0.15) is 22.0 Å². The van der Waals surface area contributed by atoms with E-state index in [4.69, 9.17) is 0 Å². The zero-order valence-corrected chi connectivity index (χ0v) is 12.0. The number of aromatic nitrogens is 5. The summed E-state index contributed by atoms with van der Waals surface area (Å²) in [5.74, 6) is 1.54. The number of fused-ring (bicyclic) bond motifs is 3. The van der Waals surface area contributed by atoms with Crippen molar-refractivity contribution in [3.05, 3.63) is 60.2 Å². The molecule has 1 aromatic carbocycles. The first-order chi connectivity index (χ1) is 10.7. The van der Waals surface area contributed by atoms with Crippen molar-refractivity contribution in [2.75, 3.05) is 7.05 Å². The normalized spacial score (nSPS) is 13.7. The average Bonchev–Trinajstić information content (AvgIpc) is 3.15. The summed E-state index contributed by atoms with van der Waals surface area (Å²) in [5.41, 5.74) is 1.49. The Morgan fingerprint density at radius 3 is 2.91 bits per heavy atom. The van der Waals surface area contributed by atoms with Gasteiger partial charge in [-0.3, -0.25) is 9.36 Å². The molecule has 110 valence electrons. The molecule has 0 saturated carbocycles. The fourth-order valence-corrected chi connectivity index (χ4v) is 2.72. The molecule has 0 aliphatic carbocycles. The Balaban J connectivity index is 1.89. The number of imidazole rings is 1. The predicted molar refractivity (Wildman–Crippen MR) is 78.5 cm³/mol. The minimum Gasteiger partial charge on any atom is -0.334 e. The van der Waals surface area contributed by atoms with E-state index in [2.05, 4.69) is 15.2 Å². The van der Waals surface area contributed by atoms with Gasteiger partial charge < -0.3 is 9.47 Å². The van der Waals surface area contributed by atoms with E-state index in [1.54, 1.807) is 24.5 Å². The van der Waals surface area contributed by atoms with E-state index >= 15 is 0 Å². The molecule has 4 rings (SSSR count). The van der Waals surface area contributed by atoms with Crippen molar-refractivity contribution < 1.29 is 4.79 Å². The molecule has 22 heavy (non-hydrogen) atoms. The average molecular weight is 294 g/mol. The van der Waals surface area contributed by atoms with Gasteiger partial charge in [0, 0.05) is 19.4 Å². The Hall–Kier alpha value is -2.96. The van der Waals surface area contributed by atoms with Gasteiger partial charge in [0.25, 0.3) is 5.91 Å². The summed E-state index contributed by atoms with van der Waals surface area (Å²) in [7, 11) is 1.78. The Morgan fingerprint density at radius 1 is 1.23 bits per heavy atom. The SMILES string of the molecule is CN1Cc2nnc(Cn3ccnc3)n2-c2ccccc2C1=O. The molecule has 1 amide bonds. The maximum atomic E-state index is 12.5. The molecular weight excluding hydrogens is 280 g/mol. The van der Waals surface area contributed by atoms with Crippen molar-refractivity contribution in [2.24, 2.45) is 0 Å². The smallest absolute Gasteiger partial charge is 0.256 e. The Bertz CT molecular complexity index is 836. The zero-order chi connectivity index (χ0) is 15.1.